The molecule has 0 saturated carbocycles. The molecular formula is C7H10O4. The summed E-state index contributed by atoms with van der Waals surface area (Å²) in [5.41, 5.74) is 0. The Hall–Kier alpha value is -0.870. The van der Waals surface area contributed by atoms with E-state index in [9.17, 15) is 4.79 Å². The fourth-order valence-electron chi connectivity index (χ4n) is 0.716. The number of ether oxygens (including phenoxy) is 3. The van der Waals surface area contributed by atoms with E-state index in [0.29, 0.717) is 13.0 Å². The SMILES string of the molecule is C=CC(=O)OC1CCOCO1. The molecule has 1 aliphatic heterocycles. The molecule has 11 heavy (non-hydrogen) atoms. The standard InChI is InChI=1S/C7H10O4/c1-2-6(8)11-7-3-4-9-5-10-7/h2,7H,1,3-5H2. The zero-order chi connectivity index (χ0) is 8.10. The maximum Gasteiger partial charge on any atom is 0.332 e. The molecule has 4 heteroatoms. The van der Waals surface area contributed by atoms with E-state index in [1.807, 2.05) is 0 Å². The van der Waals surface area contributed by atoms with Gasteiger partial charge in [-0.2, -0.15) is 0 Å². The van der Waals surface area contributed by atoms with Gasteiger partial charge in [0.05, 0.1) is 6.61 Å². The van der Waals surface area contributed by atoms with Gasteiger partial charge in [0.25, 0.3) is 0 Å². The zero-order valence-electron chi connectivity index (χ0n) is 6.12. The third-order valence-corrected chi connectivity index (χ3v) is 1.25. The quantitative estimate of drug-likeness (QED) is 0.432. The van der Waals surface area contributed by atoms with Gasteiger partial charge in [-0.15, -0.1) is 0 Å². The molecule has 1 unspecified atom stereocenters. The summed E-state index contributed by atoms with van der Waals surface area (Å²) in [6, 6.07) is 0. The van der Waals surface area contributed by atoms with Crippen LogP contribution < -0.4 is 0 Å². The van der Waals surface area contributed by atoms with E-state index in [2.05, 4.69) is 6.58 Å². The van der Waals surface area contributed by atoms with Crippen molar-refractivity contribution in [3.8, 4) is 0 Å². The normalized spacial score (nSPS) is 24.2. The van der Waals surface area contributed by atoms with E-state index in [1.165, 1.54) is 0 Å². The molecule has 1 saturated heterocycles. The number of carbonyl (C=O) groups excluding carboxylic acids is 1. The first-order chi connectivity index (χ1) is 5.33. The van der Waals surface area contributed by atoms with Gasteiger partial charge >= 0.3 is 5.97 Å². The van der Waals surface area contributed by atoms with Crippen molar-refractivity contribution in [2.75, 3.05) is 13.4 Å². The monoisotopic (exact) mass is 158 g/mol. The summed E-state index contributed by atoms with van der Waals surface area (Å²) in [5.74, 6) is -0.461. The molecule has 0 spiro atoms. The number of hydrogen-bond acceptors (Lipinski definition) is 4. The molecule has 1 rings (SSSR count). The summed E-state index contributed by atoms with van der Waals surface area (Å²) in [7, 11) is 0. The van der Waals surface area contributed by atoms with Crippen molar-refractivity contribution in [3.63, 3.8) is 0 Å². The lowest BCUT2D eigenvalue weighted by Crippen LogP contribution is -2.27. The zero-order valence-corrected chi connectivity index (χ0v) is 6.12. The predicted molar refractivity (Wildman–Crippen MR) is 36.6 cm³/mol. The third-order valence-electron chi connectivity index (χ3n) is 1.25. The van der Waals surface area contributed by atoms with Crippen molar-refractivity contribution in [3.05, 3.63) is 12.7 Å². The van der Waals surface area contributed by atoms with Gasteiger partial charge in [-0.3, -0.25) is 0 Å². The lowest BCUT2D eigenvalue weighted by Gasteiger charge is -2.21. The van der Waals surface area contributed by atoms with Crippen molar-refractivity contribution < 1.29 is 19.0 Å². The average Bonchev–Trinajstić information content (AvgIpc) is 2.06. The second kappa shape index (κ2) is 4.10. The Morgan fingerprint density at radius 1 is 1.73 bits per heavy atom. The molecule has 0 aromatic heterocycles. The van der Waals surface area contributed by atoms with Crippen molar-refractivity contribution in [2.24, 2.45) is 0 Å². The van der Waals surface area contributed by atoms with Gasteiger partial charge in [0.15, 0.2) is 6.79 Å². The first-order valence-corrected chi connectivity index (χ1v) is 3.35. The Bertz CT molecular complexity index is 149. The molecule has 0 bridgehead atoms. The van der Waals surface area contributed by atoms with E-state index in [0.717, 1.165) is 6.08 Å². The lowest BCUT2D eigenvalue weighted by atomic mass is 10.4. The molecule has 0 radical (unpaired) electrons. The van der Waals surface area contributed by atoms with Crippen LogP contribution in [0.15, 0.2) is 12.7 Å². The highest BCUT2D eigenvalue weighted by Gasteiger charge is 2.16. The van der Waals surface area contributed by atoms with Crippen LogP contribution in [-0.2, 0) is 19.0 Å². The summed E-state index contributed by atoms with van der Waals surface area (Å²) in [5, 5.41) is 0. The second-order valence-corrected chi connectivity index (χ2v) is 2.05. The van der Waals surface area contributed by atoms with Crippen molar-refractivity contribution in [2.45, 2.75) is 12.7 Å². The van der Waals surface area contributed by atoms with Crippen molar-refractivity contribution in [1.29, 1.82) is 0 Å². The molecule has 1 heterocycles. The van der Waals surface area contributed by atoms with E-state index in [-0.39, 0.29) is 6.79 Å². The molecule has 1 fully saturated rings. The largest absolute Gasteiger partial charge is 0.432 e. The summed E-state index contributed by atoms with van der Waals surface area (Å²) in [4.78, 5) is 10.6. The average molecular weight is 158 g/mol. The molecule has 0 aromatic carbocycles. The van der Waals surface area contributed by atoms with Gasteiger partial charge in [0.1, 0.15) is 0 Å². The first kappa shape index (κ1) is 8.23. The van der Waals surface area contributed by atoms with Crippen LogP contribution in [0.3, 0.4) is 0 Å². The lowest BCUT2D eigenvalue weighted by molar-refractivity contribution is -0.229. The summed E-state index contributed by atoms with van der Waals surface area (Å²) in [6.07, 6.45) is 1.23. The topological polar surface area (TPSA) is 44.8 Å². The van der Waals surface area contributed by atoms with Gasteiger partial charge in [0, 0.05) is 12.5 Å². The Morgan fingerprint density at radius 3 is 3.09 bits per heavy atom. The Morgan fingerprint density at radius 2 is 2.55 bits per heavy atom. The highest BCUT2D eigenvalue weighted by atomic mass is 16.8. The Balaban J connectivity index is 2.24. The predicted octanol–water partition coefficient (Wildman–Crippen LogP) is 0.436. The molecule has 0 amide bonds. The number of esters is 1. The van der Waals surface area contributed by atoms with Crippen LogP contribution in [0.1, 0.15) is 6.42 Å². The minimum Gasteiger partial charge on any atom is -0.432 e. The molecule has 0 N–H and O–H groups in total. The van der Waals surface area contributed by atoms with Crippen LogP contribution in [0.5, 0.6) is 0 Å². The van der Waals surface area contributed by atoms with Gasteiger partial charge in [0.2, 0.25) is 6.29 Å². The number of rotatable bonds is 2. The van der Waals surface area contributed by atoms with Gasteiger partial charge in [-0.1, -0.05) is 6.58 Å². The fourth-order valence-corrected chi connectivity index (χ4v) is 0.716. The van der Waals surface area contributed by atoms with Crippen LogP contribution in [0.2, 0.25) is 0 Å². The number of hydrogen-bond donors (Lipinski definition) is 0. The van der Waals surface area contributed by atoms with E-state index >= 15 is 0 Å². The smallest absolute Gasteiger partial charge is 0.332 e. The fraction of sp³-hybridized carbons (Fsp3) is 0.571. The van der Waals surface area contributed by atoms with Crippen molar-refractivity contribution in [1.82, 2.24) is 0 Å². The molecular weight excluding hydrogens is 148 g/mol. The maximum atomic E-state index is 10.6. The molecule has 62 valence electrons. The molecule has 4 nitrogen and oxygen atoms in total. The van der Waals surface area contributed by atoms with E-state index in [1.54, 1.807) is 0 Å². The van der Waals surface area contributed by atoms with Crippen LogP contribution in [0.25, 0.3) is 0 Å². The van der Waals surface area contributed by atoms with Crippen LogP contribution in [0, 0.1) is 0 Å². The highest BCUT2D eigenvalue weighted by Crippen LogP contribution is 2.07. The molecule has 0 aromatic rings. The summed E-state index contributed by atoms with van der Waals surface area (Å²) in [6.45, 7) is 4.02. The van der Waals surface area contributed by atoms with E-state index < -0.39 is 12.3 Å². The van der Waals surface area contributed by atoms with Crippen LogP contribution in [-0.4, -0.2) is 25.7 Å². The summed E-state index contributed by atoms with van der Waals surface area (Å²) >= 11 is 0. The minimum atomic E-state index is -0.464. The second-order valence-electron chi connectivity index (χ2n) is 2.05. The highest BCUT2D eigenvalue weighted by molar-refractivity contribution is 5.81. The molecule has 1 aliphatic rings. The Kier molecular flexibility index (Phi) is 3.07. The third kappa shape index (κ3) is 2.69. The maximum absolute atomic E-state index is 10.6. The first-order valence-electron chi connectivity index (χ1n) is 3.35. The van der Waals surface area contributed by atoms with Gasteiger partial charge < -0.3 is 14.2 Å². The van der Waals surface area contributed by atoms with Gasteiger partial charge in [-0.05, 0) is 0 Å². The van der Waals surface area contributed by atoms with E-state index in [4.69, 9.17) is 14.2 Å². The van der Waals surface area contributed by atoms with Gasteiger partial charge in [-0.25, -0.2) is 4.79 Å². The number of carbonyl (C=O) groups is 1. The molecule has 0 aliphatic carbocycles. The van der Waals surface area contributed by atoms with Crippen LogP contribution >= 0.6 is 0 Å². The Labute approximate surface area is 64.7 Å². The van der Waals surface area contributed by atoms with Crippen LogP contribution in [0.4, 0.5) is 0 Å². The summed E-state index contributed by atoms with van der Waals surface area (Å²) < 4.78 is 14.6. The minimum absolute atomic E-state index is 0.190. The van der Waals surface area contributed by atoms with Crippen molar-refractivity contribution >= 4 is 5.97 Å². The molecule has 1 atom stereocenters.